The van der Waals surface area contributed by atoms with Crippen molar-refractivity contribution < 1.29 is 19.5 Å². The van der Waals surface area contributed by atoms with E-state index in [1.54, 1.807) is 0 Å². The molecule has 0 amide bonds. The third-order valence-electron chi connectivity index (χ3n) is 0.785. The molecule has 0 aliphatic carbocycles. The summed E-state index contributed by atoms with van der Waals surface area (Å²) in [6.45, 7) is 0. The second kappa shape index (κ2) is 4.00. The summed E-state index contributed by atoms with van der Waals surface area (Å²) in [6, 6.07) is 0. The van der Waals surface area contributed by atoms with Gasteiger partial charge in [-0.2, -0.15) is 0 Å². The number of hydrogen-bond acceptors (Lipinski definition) is 3. The normalized spacial score (nSPS) is 8.90. The maximum atomic E-state index is 10.3. The summed E-state index contributed by atoms with van der Waals surface area (Å²) in [5.74, 6) is -1.98. The van der Waals surface area contributed by atoms with E-state index < -0.39 is 17.0 Å². The van der Waals surface area contributed by atoms with Crippen LogP contribution in [0.5, 0.6) is 0 Å². The molecule has 0 aromatic rings. The first-order valence-corrected chi connectivity index (χ1v) is 2.86. The number of rotatable bonds is 4. The first kappa shape index (κ1) is 9.10. The maximum Gasteiger partial charge on any atom is 0.303 e. The molecule has 0 saturated carbocycles. The molecular formula is C5H5ClO4. The number of carbonyl (C=O) groups is 3. The SMILES string of the molecule is O=C(O)CCC(=O)C(=O)Cl. The highest BCUT2D eigenvalue weighted by Crippen LogP contribution is 1.94. The van der Waals surface area contributed by atoms with Gasteiger partial charge in [0.05, 0.1) is 6.42 Å². The van der Waals surface area contributed by atoms with Crippen LogP contribution in [-0.2, 0) is 14.4 Å². The molecule has 56 valence electrons. The van der Waals surface area contributed by atoms with E-state index in [9.17, 15) is 14.4 Å². The highest BCUT2D eigenvalue weighted by atomic mass is 35.5. The number of Topliss-reactive ketones (excluding diaryl/α,β-unsaturated/α-hetero) is 1. The van der Waals surface area contributed by atoms with Gasteiger partial charge in [-0.3, -0.25) is 14.4 Å². The van der Waals surface area contributed by atoms with Crippen LogP contribution in [0.25, 0.3) is 0 Å². The zero-order valence-electron chi connectivity index (χ0n) is 4.96. The van der Waals surface area contributed by atoms with Crippen LogP contribution in [0.1, 0.15) is 12.8 Å². The van der Waals surface area contributed by atoms with Crippen LogP contribution < -0.4 is 0 Å². The summed E-state index contributed by atoms with van der Waals surface area (Å²) in [6.07, 6.45) is -0.672. The second-order valence-corrected chi connectivity index (χ2v) is 1.93. The van der Waals surface area contributed by atoms with Crippen molar-refractivity contribution in [1.29, 1.82) is 0 Å². The molecule has 10 heavy (non-hydrogen) atoms. The fraction of sp³-hybridized carbons (Fsp3) is 0.400. The summed E-state index contributed by atoms with van der Waals surface area (Å²) in [5.41, 5.74) is 0. The molecule has 0 aromatic carbocycles. The minimum Gasteiger partial charge on any atom is -0.481 e. The second-order valence-electron chi connectivity index (χ2n) is 1.59. The van der Waals surface area contributed by atoms with Crippen molar-refractivity contribution in [3.05, 3.63) is 0 Å². The molecule has 0 aliphatic heterocycles. The van der Waals surface area contributed by atoms with Crippen molar-refractivity contribution in [3.8, 4) is 0 Å². The van der Waals surface area contributed by atoms with E-state index in [0.29, 0.717) is 0 Å². The van der Waals surface area contributed by atoms with Crippen LogP contribution in [0.15, 0.2) is 0 Å². The minimum atomic E-state index is -1.12. The van der Waals surface area contributed by atoms with Crippen LogP contribution in [-0.4, -0.2) is 22.1 Å². The Kier molecular flexibility index (Phi) is 3.64. The van der Waals surface area contributed by atoms with Gasteiger partial charge < -0.3 is 5.11 Å². The standard InChI is InChI=1S/C5H5ClO4/c6-5(10)3(7)1-2-4(8)9/h1-2H2,(H,8,9). The largest absolute Gasteiger partial charge is 0.481 e. The number of halogens is 1. The van der Waals surface area contributed by atoms with Crippen molar-refractivity contribution in [3.63, 3.8) is 0 Å². The van der Waals surface area contributed by atoms with Crippen LogP contribution >= 0.6 is 11.6 Å². The Morgan fingerprint density at radius 3 is 2.00 bits per heavy atom. The topological polar surface area (TPSA) is 71.4 Å². The zero-order valence-corrected chi connectivity index (χ0v) is 5.72. The highest BCUT2D eigenvalue weighted by Gasteiger charge is 2.11. The predicted molar refractivity (Wildman–Crippen MR) is 32.7 cm³/mol. The average molecular weight is 165 g/mol. The number of carboxylic acid groups (broad SMARTS) is 1. The zero-order chi connectivity index (χ0) is 8.15. The van der Waals surface area contributed by atoms with Gasteiger partial charge in [0.1, 0.15) is 0 Å². The summed E-state index contributed by atoms with van der Waals surface area (Å²) >= 11 is 4.73. The van der Waals surface area contributed by atoms with Gasteiger partial charge in [-0.15, -0.1) is 0 Å². The maximum absolute atomic E-state index is 10.3. The van der Waals surface area contributed by atoms with Crippen LogP contribution in [0.4, 0.5) is 0 Å². The van der Waals surface area contributed by atoms with Gasteiger partial charge in [0.15, 0.2) is 0 Å². The van der Waals surface area contributed by atoms with E-state index >= 15 is 0 Å². The number of ketones is 1. The monoisotopic (exact) mass is 164 g/mol. The van der Waals surface area contributed by atoms with Gasteiger partial charge in [0.2, 0.25) is 5.78 Å². The van der Waals surface area contributed by atoms with E-state index in [-0.39, 0.29) is 12.8 Å². The van der Waals surface area contributed by atoms with Crippen molar-refractivity contribution in [1.82, 2.24) is 0 Å². The van der Waals surface area contributed by atoms with E-state index in [0.717, 1.165) is 0 Å². The van der Waals surface area contributed by atoms with Crippen molar-refractivity contribution in [2.75, 3.05) is 0 Å². The molecule has 0 fully saturated rings. The van der Waals surface area contributed by atoms with E-state index in [4.69, 9.17) is 16.7 Å². The Morgan fingerprint density at radius 2 is 1.70 bits per heavy atom. The first-order valence-electron chi connectivity index (χ1n) is 2.48. The Morgan fingerprint density at radius 1 is 1.20 bits per heavy atom. The van der Waals surface area contributed by atoms with Crippen LogP contribution in [0.2, 0.25) is 0 Å². The third-order valence-corrected chi connectivity index (χ3v) is 0.996. The fourth-order valence-electron chi connectivity index (χ4n) is 0.319. The summed E-state index contributed by atoms with van der Waals surface area (Å²) in [7, 11) is 0. The number of carboxylic acids is 1. The van der Waals surface area contributed by atoms with Gasteiger partial charge in [0.25, 0.3) is 5.24 Å². The average Bonchev–Trinajstić information content (AvgIpc) is 1.82. The third kappa shape index (κ3) is 4.03. The fourth-order valence-corrected chi connectivity index (χ4v) is 0.413. The number of aliphatic carboxylic acids is 1. The molecule has 0 aromatic heterocycles. The highest BCUT2D eigenvalue weighted by molar-refractivity contribution is 6.81. The molecule has 0 bridgehead atoms. The van der Waals surface area contributed by atoms with Gasteiger partial charge >= 0.3 is 5.97 Å². The first-order chi connectivity index (χ1) is 4.54. The molecule has 0 rings (SSSR count). The Bertz CT molecular complexity index is 174. The lowest BCUT2D eigenvalue weighted by Gasteiger charge is -1.88. The Balaban J connectivity index is 3.60. The van der Waals surface area contributed by atoms with Gasteiger partial charge in [-0.25, -0.2) is 0 Å². The minimum absolute atomic E-state index is 0.322. The Hall–Kier alpha value is -0.900. The van der Waals surface area contributed by atoms with Crippen molar-refractivity contribution >= 4 is 28.6 Å². The number of carbonyl (C=O) groups excluding carboxylic acids is 2. The molecule has 0 atom stereocenters. The van der Waals surface area contributed by atoms with Gasteiger partial charge in [-0.05, 0) is 11.6 Å². The van der Waals surface area contributed by atoms with E-state index in [2.05, 4.69) is 0 Å². The lowest BCUT2D eigenvalue weighted by molar-refractivity contribution is -0.139. The molecule has 0 aliphatic rings. The van der Waals surface area contributed by atoms with Gasteiger partial charge in [-0.1, -0.05) is 0 Å². The number of hydrogen-bond donors (Lipinski definition) is 1. The van der Waals surface area contributed by atoms with E-state index in [1.807, 2.05) is 0 Å². The molecular weight excluding hydrogens is 160 g/mol. The smallest absolute Gasteiger partial charge is 0.303 e. The molecule has 5 heteroatoms. The summed E-state index contributed by atoms with van der Waals surface area (Å²) < 4.78 is 0. The lowest BCUT2D eigenvalue weighted by atomic mass is 10.2. The lowest BCUT2D eigenvalue weighted by Crippen LogP contribution is -2.08. The van der Waals surface area contributed by atoms with Crippen LogP contribution in [0.3, 0.4) is 0 Å². The molecule has 4 nitrogen and oxygen atoms in total. The molecule has 1 N–H and O–H groups in total. The van der Waals surface area contributed by atoms with Crippen molar-refractivity contribution in [2.45, 2.75) is 12.8 Å². The Labute approximate surface area is 61.8 Å². The molecule has 0 saturated heterocycles. The van der Waals surface area contributed by atoms with Crippen molar-refractivity contribution in [2.24, 2.45) is 0 Å². The van der Waals surface area contributed by atoms with E-state index in [1.165, 1.54) is 0 Å². The summed E-state index contributed by atoms with van der Waals surface area (Å²) in [5, 5.41) is 6.93. The molecule has 0 heterocycles. The molecule has 0 unspecified atom stereocenters. The van der Waals surface area contributed by atoms with Gasteiger partial charge in [0, 0.05) is 6.42 Å². The predicted octanol–water partition coefficient (Wildman–Crippen LogP) is 0.186. The van der Waals surface area contributed by atoms with Crippen LogP contribution in [0, 0.1) is 0 Å². The quantitative estimate of drug-likeness (QED) is 0.476. The summed E-state index contributed by atoms with van der Waals surface area (Å²) in [4.78, 5) is 30.1. The molecule has 0 radical (unpaired) electrons. The molecule has 0 spiro atoms.